The molecule has 0 unspecified atom stereocenters. The van der Waals surface area contributed by atoms with Crippen molar-refractivity contribution in [2.24, 2.45) is 5.92 Å². The molecule has 0 aliphatic carbocycles. The fourth-order valence-electron chi connectivity index (χ4n) is 3.08. The predicted octanol–water partition coefficient (Wildman–Crippen LogP) is 3.79. The molecule has 25 heavy (non-hydrogen) atoms. The van der Waals surface area contributed by atoms with Crippen LogP contribution in [0.5, 0.6) is 5.75 Å². The Morgan fingerprint density at radius 2 is 2.00 bits per heavy atom. The molecule has 1 heterocycles. The lowest BCUT2D eigenvalue weighted by molar-refractivity contribution is -0.153. The number of methoxy groups -OCH3 is 1. The van der Waals surface area contributed by atoms with Gasteiger partial charge in [-0.25, -0.2) is 0 Å². The average molecular weight is 359 g/mol. The third-order valence-corrected chi connectivity index (χ3v) is 4.38. The quantitative estimate of drug-likeness (QED) is 0.725. The van der Waals surface area contributed by atoms with Crippen LogP contribution < -0.4 is 4.74 Å². The summed E-state index contributed by atoms with van der Waals surface area (Å²) in [5.41, 5.74) is 0.748. The lowest BCUT2D eigenvalue weighted by Gasteiger charge is -2.22. The summed E-state index contributed by atoms with van der Waals surface area (Å²) < 4.78 is 46.8. The van der Waals surface area contributed by atoms with Gasteiger partial charge in [0.1, 0.15) is 5.75 Å². The molecule has 0 spiro atoms. The first-order valence-electron chi connectivity index (χ1n) is 8.44. The van der Waals surface area contributed by atoms with Gasteiger partial charge in [0, 0.05) is 18.5 Å². The molecule has 2 rings (SSSR count). The Bertz CT molecular complexity index is 563. The summed E-state index contributed by atoms with van der Waals surface area (Å²) >= 11 is 0. The van der Waals surface area contributed by atoms with E-state index in [-0.39, 0.29) is 11.7 Å². The van der Waals surface area contributed by atoms with Gasteiger partial charge in [-0.15, -0.1) is 0 Å². The standard InChI is InChI=1S/C18H24F3NO3/c1-24-17(23)11-14-5-4-9-22(10-8-14)12-15-6-2-3-7-16(15)25-13-18(19,20)21/h2-3,6-7,14H,4-5,8-13H2,1H3/t14-/m1/s1. The molecule has 0 aromatic heterocycles. The molecule has 1 aromatic rings. The smallest absolute Gasteiger partial charge is 0.422 e. The maximum Gasteiger partial charge on any atom is 0.422 e. The van der Waals surface area contributed by atoms with Crippen molar-refractivity contribution in [2.45, 2.75) is 38.4 Å². The highest BCUT2D eigenvalue weighted by Crippen LogP contribution is 2.26. The number of rotatable bonds is 6. The van der Waals surface area contributed by atoms with Gasteiger partial charge in [-0.05, 0) is 44.3 Å². The molecule has 1 aliphatic rings. The fraction of sp³-hybridized carbons (Fsp3) is 0.611. The van der Waals surface area contributed by atoms with Crippen molar-refractivity contribution in [2.75, 3.05) is 26.8 Å². The van der Waals surface area contributed by atoms with Gasteiger partial charge in [0.2, 0.25) is 0 Å². The molecule has 0 N–H and O–H groups in total. The Hall–Kier alpha value is -1.76. The zero-order valence-electron chi connectivity index (χ0n) is 14.3. The highest BCUT2D eigenvalue weighted by molar-refractivity contribution is 5.69. The average Bonchev–Trinajstić information content (AvgIpc) is 2.78. The van der Waals surface area contributed by atoms with E-state index in [0.717, 1.165) is 37.9 Å². The first-order valence-corrected chi connectivity index (χ1v) is 8.44. The van der Waals surface area contributed by atoms with E-state index in [4.69, 9.17) is 9.47 Å². The van der Waals surface area contributed by atoms with Crippen LogP contribution in [0.1, 0.15) is 31.2 Å². The fourth-order valence-corrected chi connectivity index (χ4v) is 3.08. The zero-order valence-corrected chi connectivity index (χ0v) is 14.3. The second-order valence-corrected chi connectivity index (χ2v) is 6.36. The molecule has 140 valence electrons. The molecule has 7 heteroatoms. The van der Waals surface area contributed by atoms with Gasteiger partial charge in [-0.2, -0.15) is 13.2 Å². The maximum absolute atomic E-state index is 12.4. The third kappa shape index (κ3) is 6.94. The van der Waals surface area contributed by atoms with Crippen LogP contribution in [0.3, 0.4) is 0 Å². The van der Waals surface area contributed by atoms with Crippen LogP contribution in [0, 0.1) is 5.92 Å². The summed E-state index contributed by atoms with van der Waals surface area (Å²) in [6.07, 6.45) is -1.14. The van der Waals surface area contributed by atoms with Gasteiger partial charge < -0.3 is 9.47 Å². The van der Waals surface area contributed by atoms with Crippen molar-refractivity contribution in [3.05, 3.63) is 29.8 Å². The Morgan fingerprint density at radius 3 is 2.72 bits per heavy atom. The largest absolute Gasteiger partial charge is 0.484 e. The molecule has 0 amide bonds. The Kier molecular flexibility index (Phi) is 7.11. The Labute approximate surface area is 145 Å². The summed E-state index contributed by atoms with van der Waals surface area (Å²) in [6, 6.07) is 6.83. The van der Waals surface area contributed by atoms with Crippen molar-refractivity contribution in [1.82, 2.24) is 4.90 Å². The number of halogens is 3. The van der Waals surface area contributed by atoms with Gasteiger partial charge in [-0.1, -0.05) is 18.2 Å². The van der Waals surface area contributed by atoms with E-state index in [1.54, 1.807) is 24.3 Å². The number of carbonyl (C=O) groups is 1. The molecule has 1 saturated heterocycles. The van der Waals surface area contributed by atoms with Crippen molar-refractivity contribution in [3.63, 3.8) is 0 Å². The SMILES string of the molecule is COC(=O)C[C@@H]1CCCN(Cc2ccccc2OCC(F)(F)F)CC1. The van der Waals surface area contributed by atoms with E-state index in [1.807, 2.05) is 0 Å². The lowest BCUT2D eigenvalue weighted by Crippen LogP contribution is -2.25. The minimum atomic E-state index is -4.35. The molecule has 1 aromatic carbocycles. The summed E-state index contributed by atoms with van der Waals surface area (Å²) in [6.45, 7) is 0.907. The van der Waals surface area contributed by atoms with Crippen LogP contribution in [-0.4, -0.2) is 43.9 Å². The van der Waals surface area contributed by atoms with Gasteiger partial charge in [0.05, 0.1) is 7.11 Å². The minimum Gasteiger partial charge on any atom is -0.484 e. The molecule has 4 nitrogen and oxygen atoms in total. The number of hydrogen-bond donors (Lipinski definition) is 0. The predicted molar refractivity (Wildman–Crippen MR) is 87.2 cm³/mol. The van der Waals surface area contributed by atoms with Gasteiger partial charge >= 0.3 is 12.1 Å². The van der Waals surface area contributed by atoms with E-state index in [2.05, 4.69) is 4.90 Å². The number of ether oxygens (including phenoxy) is 2. The Balaban J connectivity index is 1.92. The Morgan fingerprint density at radius 1 is 1.24 bits per heavy atom. The van der Waals surface area contributed by atoms with Crippen molar-refractivity contribution < 1.29 is 27.4 Å². The van der Waals surface area contributed by atoms with Gasteiger partial charge in [0.25, 0.3) is 0 Å². The number of benzene rings is 1. The summed E-state index contributed by atoms with van der Waals surface area (Å²) in [5.74, 6) is 0.383. The van der Waals surface area contributed by atoms with E-state index in [9.17, 15) is 18.0 Å². The normalized spacial score (nSPS) is 19.3. The maximum atomic E-state index is 12.4. The molecule has 0 bridgehead atoms. The molecular weight excluding hydrogens is 335 g/mol. The summed E-state index contributed by atoms with van der Waals surface area (Å²) in [7, 11) is 1.39. The highest BCUT2D eigenvalue weighted by atomic mass is 19.4. The van der Waals surface area contributed by atoms with Crippen molar-refractivity contribution >= 4 is 5.97 Å². The van der Waals surface area contributed by atoms with Crippen LogP contribution in [-0.2, 0) is 16.1 Å². The van der Waals surface area contributed by atoms with Crippen LogP contribution in [0.2, 0.25) is 0 Å². The zero-order chi connectivity index (χ0) is 18.3. The second-order valence-electron chi connectivity index (χ2n) is 6.36. The number of alkyl halides is 3. The van der Waals surface area contributed by atoms with Gasteiger partial charge in [-0.3, -0.25) is 9.69 Å². The van der Waals surface area contributed by atoms with E-state index < -0.39 is 12.8 Å². The van der Waals surface area contributed by atoms with Crippen LogP contribution in [0.25, 0.3) is 0 Å². The second kappa shape index (κ2) is 9.08. The number of para-hydroxylation sites is 1. The number of carbonyl (C=O) groups excluding carboxylic acids is 1. The molecule has 0 radical (unpaired) electrons. The first-order chi connectivity index (χ1) is 11.9. The minimum absolute atomic E-state index is 0.190. The van der Waals surface area contributed by atoms with E-state index in [1.165, 1.54) is 7.11 Å². The number of nitrogens with zero attached hydrogens (tertiary/aromatic N) is 1. The summed E-state index contributed by atoms with van der Waals surface area (Å²) in [4.78, 5) is 13.6. The topological polar surface area (TPSA) is 38.8 Å². The molecule has 0 saturated carbocycles. The van der Waals surface area contributed by atoms with Crippen LogP contribution in [0.4, 0.5) is 13.2 Å². The lowest BCUT2D eigenvalue weighted by atomic mass is 9.97. The molecular formula is C18H24F3NO3. The van der Waals surface area contributed by atoms with E-state index >= 15 is 0 Å². The number of esters is 1. The van der Waals surface area contributed by atoms with Gasteiger partial charge in [0.15, 0.2) is 6.61 Å². The van der Waals surface area contributed by atoms with Crippen LogP contribution >= 0.6 is 0 Å². The summed E-state index contributed by atoms with van der Waals surface area (Å²) in [5, 5.41) is 0. The van der Waals surface area contributed by atoms with Crippen LogP contribution in [0.15, 0.2) is 24.3 Å². The first kappa shape index (κ1) is 19.6. The molecule has 1 fully saturated rings. The van der Waals surface area contributed by atoms with Crippen molar-refractivity contribution in [3.8, 4) is 5.75 Å². The third-order valence-electron chi connectivity index (χ3n) is 4.38. The molecule has 1 aliphatic heterocycles. The number of likely N-dealkylation sites (tertiary alicyclic amines) is 1. The van der Waals surface area contributed by atoms with Crippen molar-refractivity contribution in [1.29, 1.82) is 0 Å². The molecule has 1 atom stereocenters. The highest BCUT2D eigenvalue weighted by Gasteiger charge is 2.29. The van der Waals surface area contributed by atoms with E-state index in [0.29, 0.717) is 18.9 Å². The monoisotopic (exact) mass is 359 g/mol. The number of hydrogen-bond acceptors (Lipinski definition) is 4.